The molecule has 4 heteroatoms. The van der Waals surface area contributed by atoms with E-state index in [1.807, 2.05) is 0 Å². The molecule has 3 aromatic carbocycles. The van der Waals surface area contributed by atoms with E-state index < -0.39 is 11.8 Å². The van der Waals surface area contributed by atoms with E-state index in [0.717, 1.165) is 16.8 Å². The SMILES string of the molecule is O=C(O)c1ccc(-c2ccc3cc(O)ccc3c2)c(F)c1. The standard InChI is InChI=1S/C17H11FO3/c18-16-9-13(17(20)21)4-6-15(16)12-2-1-11-8-14(19)5-3-10(11)7-12/h1-9,19H,(H,20,21). The summed E-state index contributed by atoms with van der Waals surface area (Å²) in [5.41, 5.74) is 0.916. The van der Waals surface area contributed by atoms with Gasteiger partial charge in [-0.15, -0.1) is 0 Å². The molecule has 3 nitrogen and oxygen atoms in total. The molecule has 3 aromatic rings. The summed E-state index contributed by atoms with van der Waals surface area (Å²) in [6.07, 6.45) is 0. The number of aromatic hydroxyl groups is 1. The molecule has 0 spiro atoms. The van der Waals surface area contributed by atoms with Crippen molar-refractivity contribution in [1.29, 1.82) is 0 Å². The van der Waals surface area contributed by atoms with Crippen LogP contribution in [-0.2, 0) is 0 Å². The van der Waals surface area contributed by atoms with Crippen LogP contribution in [0.3, 0.4) is 0 Å². The van der Waals surface area contributed by atoms with Crippen molar-refractivity contribution < 1.29 is 19.4 Å². The molecule has 0 aromatic heterocycles. The van der Waals surface area contributed by atoms with E-state index in [9.17, 15) is 14.3 Å². The van der Waals surface area contributed by atoms with Gasteiger partial charge in [-0.1, -0.05) is 24.3 Å². The van der Waals surface area contributed by atoms with Gasteiger partial charge in [0.2, 0.25) is 0 Å². The van der Waals surface area contributed by atoms with Crippen LogP contribution in [0.25, 0.3) is 21.9 Å². The van der Waals surface area contributed by atoms with E-state index in [2.05, 4.69) is 0 Å². The van der Waals surface area contributed by atoms with Gasteiger partial charge in [-0.25, -0.2) is 9.18 Å². The van der Waals surface area contributed by atoms with Crippen LogP contribution in [0.2, 0.25) is 0 Å². The van der Waals surface area contributed by atoms with Crippen LogP contribution in [-0.4, -0.2) is 16.2 Å². The molecule has 21 heavy (non-hydrogen) atoms. The van der Waals surface area contributed by atoms with Gasteiger partial charge in [0.15, 0.2) is 0 Å². The molecule has 104 valence electrons. The third-order valence-corrected chi connectivity index (χ3v) is 3.35. The molecule has 0 saturated heterocycles. The second-order valence-electron chi connectivity index (χ2n) is 4.75. The van der Waals surface area contributed by atoms with Gasteiger partial charge in [-0.2, -0.15) is 0 Å². The predicted molar refractivity (Wildman–Crippen MR) is 78.0 cm³/mol. The van der Waals surface area contributed by atoms with Crippen LogP contribution in [0, 0.1) is 5.82 Å². The number of aromatic carboxylic acids is 1. The Hall–Kier alpha value is -2.88. The number of fused-ring (bicyclic) bond motifs is 1. The molecule has 0 aliphatic rings. The minimum absolute atomic E-state index is 0.0815. The Morgan fingerprint density at radius 3 is 2.33 bits per heavy atom. The lowest BCUT2D eigenvalue weighted by Gasteiger charge is -2.07. The lowest BCUT2D eigenvalue weighted by molar-refractivity contribution is 0.0696. The molecule has 0 atom stereocenters. The number of rotatable bonds is 2. The Morgan fingerprint density at radius 2 is 1.62 bits per heavy atom. The summed E-state index contributed by atoms with van der Waals surface area (Å²) >= 11 is 0. The number of carboxylic acids is 1. The van der Waals surface area contributed by atoms with E-state index >= 15 is 0 Å². The maximum atomic E-state index is 14.1. The maximum Gasteiger partial charge on any atom is 0.335 e. The van der Waals surface area contributed by atoms with Crippen molar-refractivity contribution in [3.8, 4) is 16.9 Å². The normalized spacial score (nSPS) is 10.7. The number of phenols is 1. The van der Waals surface area contributed by atoms with Gasteiger partial charge in [-0.05, 0) is 46.7 Å². The average molecular weight is 282 g/mol. The first-order chi connectivity index (χ1) is 10.0. The topological polar surface area (TPSA) is 57.5 Å². The highest BCUT2D eigenvalue weighted by atomic mass is 19.1. The summed E-state index contributed by atoms with van der Waals surface area (Å²) in [5.74, 6) is -1.56. The molecule has 3 rings (SSSR count). The first-order valence-electron chi connectivity index (χ1n) is 6.30. The van der Waals surface area contributed by atoms with E-state index in [1.54, 1.807) is 36.4 Å². The highest BCUT2D eigenvalue weighted by Gasteiger charge is 2.10. The summed E-state index contributed by atoms with van der Waals surface area (Å²) in [4.78, 5) is 10.8. The number of benzene rings is 3. The van der Waals surface area contributed by atoms with E-state index in [1.165, 1.54) is 12.1 Å². The van der Waals surface area contributed by atoms with Crippen LogP contribution >= 0.6 is 0 Å². The third-order valence-electron chi connectivity index (χ3n) is 3.35. The van der Waals surface area contributed by atoms with Crippen molar-refractivity contribution in [2.75, 3.05) is 0 Å². The molecule has 0 amide bonds. The second kappa shape index (κ2) is 4.90. The number of carbonyl (C=O) groups is 1. The smallest absolute Gasteiger partial charge is 0.335 e. The summed E-state index contributed by atoms with van der Waals surface area (Å²) < 4.78 is 14.1. The van der Waals surface area contributed by atoms with Gasteiger partial charge in [0.25, 0.3) is 0 Å². The zero-order chi connectivity index (χ0) is 15.0. The minimum Gasteiger partial charge on any atom is -0.508 e. The summed E-state index contributed by atoms with van der Waals surface area (Å²) in [7, 11) is 0. The Balaban J connectivity index is 2.12. The van der Waals surface area contributed by atoms with Crippen molar-refractivity contribution >= 4 is 16.7 Å². The third kappa shape index (κ3) is 2.43. The number of hydrogen-bond donors (Lipinski definition) is 2. The molecule has 0 saturated carbocycles. The molecule has 0 aliphatic carbocycles. The van der Waals surface area contributed by atoms with E-state index in [0.29, 0.717) is 11.1 Å². The lowest BCUT2D eigenvalue weighted by Crippen LogP contribution is -1.97. The molecule has 0 bridgehead atoms. The molecule has 0 fully saturated rings. The summed E-state index contributed by atoms with van der Waals surface area (Å²) in [6.45, 7) is 0. The Labute approximate surface area is 119 Å². The Kier molecular flexibility index (Phi) is 3.06. The van der Waals surface area contributed by atoms with Gasteiger partial charge >= 0.3 is 5.97 Å². The maximum absolute atomic E-state index is 14.1. The van der Waals surface area contributed by atoms with Crippen LogP contribution in [0.5, 0.6) is 5.75 Å². The Morgan fingerprint density at radius 1 is 0.905 bits per heavy atom. The van der Waals surface area contributed by atoms with E-state index in [-0.39, 0.29) is 11.3 Å². The number of hydrogen-bond acceptors (Lipinski definition) is 2. The van der Waals surface area contributed by atoms with Crippen molar-refractivity contribution in [3.63, 3.8) is 0 Å². The first-order valence-corrected chi connectivity index (χ1v) is 6.30. The van der Waals surface area contributed by atoms with Crippen molar-refractivity contribution in [1.82, 2.24) is 0 Å². The first kappa shape index (κ1) is 13.1. The van der Waals surface area contributed by atoms with Crippen LogP contribution in [0.15, 0.2) is 54.6 Å². The minimum atomic E-state index is -1.16. The number of halogens is 1. The van der Waals surface area contributed by atoms with Crippen molar-refractivity contribution in [2.45, 2.75) is 0 Å². The van der Waals surface area contributed by atoms with Crippen molar-refractivity contribution in [3.05, 3.63) is 66.0 Å². The second-order valence-corrected chi connectivity index (χ2v) is 4.75. The predicted octanol–water partition coefficient (Wildman–Crippen LogP) is 4.05. The molecular weight excluding hydrogens is 271 g/mol. The summed E-state index contributed by atoms with van der Waals surface area (Å²) in [6, 6.07) is 14.1. The van der Waals surface area contributed by atoms with Crippen LogP contribution < -0.4 is 0 Å². The van der Waals surface area contributed by atoms with Gasteiger partial charge < -0.3 is 10.2 Å². The molecular formula is C17H11FO3. The van der Waals surface area contributed by atoms with Crippen LogP contribution in [0.1, 0.15) is 10.4 Å². The fraction of sp³-hybridized carbons (Fsp3) is 0. The fourth-order valence-electron chi connectivity index (χ4n) is 2.28. The highest BCUT2D eigenvalue weighted by molar-refractivity contribution is 5.90. The van der Waals surface area contributed by atoms with Gasteiger partial charge in [0, 0.05) is 5.56 Å². The van der Waals surface area contributed by atoms with Gasteiger partial charge in [0.1, 0.15) is 11.6 Å². The van der Waals surface area contributed by atoms with Gasteiger partial charge in [-0.3, -0.25) is 0 Å². The highest BCUT2D eigenvalue weighted by Crippen LogP contribution is 2.28. The van der Waals surface area contributed by atoms with Crippen molar-refractivity contribution in [2.24, 2.45) is 0 Å². The number of carboxylic acid groups (broad SMARTS) is 1. The average Bonchev–Trinajstić information content (AvgIpc) is 2.46. The van der Waals surface area contributed by atoms with Gasteiger partial charge in [0.05, 0.1) is 5.56 Å². The molecule has 0 aliphatic heterocycles. The van der Waals surface area contributed by atoms with Crippen LogP contribution in [0.4, 0.5) is 4.39 Å². The largest absolute Gasteiger partial charge is 0.508 e. The monoisotopic (exact) mass is 282 g/mol. The molecule has 2 N–H and O–H groups in total. The zero-order valence-electron chi connectivity index (χ0n) is 10.9. The Bertz CT molecular complexity index is 856. The molecule has 0 heterocycles. The summed E-state index contributed by atoms with van der Waals surface area (Å²) in [5, 5.41) is 20.0. The van der Waals surface area contributed by atoms with E-state index in [4.69, 9.17) is 5.11 Å². The quantitative estimate of drug-likeness (QED) is 0.745. The lowest BCUT2D eigenvalue weighted by atomic mass is 9.99. The zero-order valence-corrected chi connectivity index (χ0v) is 10.9. The fourth-order valence-corrected chi connectivity index (χ4v) is 2.28. The molecule has 0 radical (unpaired) electrons. The molecule has 0 unspecified atom stereocenters. The number of phenolic OH excluding ortho intramolecular Hbond substituents is 1.